The van der Waals surface area contributed by atoms with Crippen molar-refractivity contribution in [2.45, 2.75) is 33.2 Å². The molecule has 18 heavy (non-hydrogen) atoms. The quantitative estimate of drug-likeness (QED) is 0.642. The van der Waals surface area contributed by atoms with Crippen molar-refractivity contribution in [1.29, 1.82) is 0 Å². The SMILES string of the molecule is CCc1ccc(C(NN)c2ccc(C)c(C)c2)o1. The van der Waals surface area contributed by atoms with E-state index in [0.717, 1.165) is 23.5 Å². The highest BCUT2D eigenvalue weighted by Gasteiger charge is 2.16. The molecule has 0 fully saturated rings. The van der Waals surface area contributed by atoms with Crippen molar-refractivity contribution in [3.05, 3.63) is 58.5 Å². The Morgan fingerprint density at radius 3 is 2.50 bits per heavy atom. The molecule has 1 unspecified atom stereocenters. The maximum atomic E-state index is 5.77. The van der Waals surface area contributed by atoms with Crippen LogP contribution in [-0.2, 0) is 6.42 Å². The van der Waals surface area contributed by atoms with Gasteiger partial charge in [-0.05, 0) is 42.7 Å². The van der Waals surface area contributed by atoms with E-state index in [9.17, 15) is 0 Å². The monoisotopic (exact) mass is 244 g/mol. The molecule has 1 aromatic heterocycles. The van der Waals surface area contributed by atoms with Crippen LogP contribution in [0.25, 0.3) is 0 Å². The zero-order valence-electron chi connectivity index (χ0n) is 11.2. The van der Waals surface area contributed by atoms with Gasteiger partial charge in [0.05, 0.1) is 0 Å². The fourth-order valence-corrected chi connectivity index (χ4v) is 2.03. The number of rotatable bonds is 4. The molecule has 3 heteroatoms. The van der Waals surface area contributed by atoms with Crippen LogP contribution in [0, 0.1) is 13.8 Å². The van der Waals surface area contributed by atoms with Gasteiger partial charge >= 0.3 is 0 Å². The lowest BCUT2D eigenvalue weighted by atomic mass is 10.00. The lowest BCUT2D eigenvalue weighted by molar-refractivity contribution is 0.425. The highest BCUT2D eigenvalue weighted by atomic mass is 16.3. The zero-order chi connectivity index (χ0) is 13.1. The van der Waals surface area contributed by atoms with Crippen LogP contribution in [0.1, 0.15) is 41.2 Å². The largest absolute Gasteiger partial charge is 0.464 e. The van der Waals surface area contributed by atoms with Gasteiger partial charge in [0.2, 0.25) is 0 Å². The Hall–Kier alpha value is -1.58. The van der Waals surface area contributed by atoms with E-state index >= 15 is 0 Å². The predicted molar refractivity (Wildman–Crippen MR) is 73.2 cm³/mol. The molecular weight excluding hydrogens is 224 g/mol. The summed E-state index contributed by atoms with van der Waals surface area (Å²) in [7, 11) is 0. The van der Waals surface area contributed by atoms with Gasteiger partial charge in [-0.25, -0.2) is 5.43 Å². The lowest BCUT2D eigenvalue weighted by Crippen LogP contribution is -2.28. The van der Waals surface area contributed by atoms with Crippen molar-refractivity contribution in [2.75, 3.05) is 0 Å². The zero-order valence-corrected chi connectivity index (χ0v) is 11.2. The van der Waals surface area contributed by atoms with Gasteiger partial charge in [0.25, 0.3) is 0 Å². The molecule has 3 nitrogen and oxygen atoms in total. The second-order valence-electron chi connectivity index (χ2n) is 4.60. The third kappa shape index (κ3) is 2.47. The van der Waals surface area contributed by atoms with Gasteiger partial charge < -0.3 is 4.42 Å². The molecule has 1 heterocycles. The summed E-state index contributed by atoms with van der Waals surface area (Å²) >= 11 is 0. The van der Waals surface area contributed by atoms with E-state index in [-0.39, 0.29) is 6.04 Å². The number of hydrogen-bond donors (Lipinski definition) is 2. The van der Waals surface area contributed by atoms with E-state index in [1.54, 1.807) is 0 Å². The molecule has 2 aromatic rings. The van der Waals surface area contributed by atoms with Crippen LogP contribution in [0.5, 0.6) is 0 Å². The Labute approximate surface area is 108 Å². The Morgan fingerprint density at radius 2 is 1.94 bits per heavy atom. The van der Waals surface area contributed by atoms with Crippen molar-refractivity contribution in [3.63, 3.8) is 0 Å². The minimum absolute atomic E-state index is 0.0930. The molecule has 1 aromatic carbocycles. The van der Waals surface area contributed by atoms with E-state index in [1.165, 1.54) is 11.1 Å². The first-order valence-corrected chi connectivity index (χ1v) is 6.27. The lowest BCUT2D eigenvalue weighted by Gasteiger charge is -2.15. The summed E-state index contributed by atoms with van der Waals surface area (Å²) in [6.45, 7) is 6.28. The molecule has 0 aliphatic rings. The average Bonchev–Trinajstić information content (AvgIpc) is 2.83. The summed E-state index contributed by atoms with van der Waals surface area (Å²) < 4.78 is 5.77. The molecule has 0 spiro atoms. The predicted octanol–water partition coefficient (Wildman–Crippen LogP) is 3.01. The molecule has 0 aliphatic carbocycles. The Morgan fingerprint density at radius 1 is 1.17 bits per heavy atom. The van der Waals surface area contributed by atoms with Gasteiger partial charge in [-0.2, -0.15) is 0 Å². The van der Waals surface area contributed by atoms with Crippen LogP contribution in [0.4, 0.5) is 0 Å². The van der Waals surface area contributed by atoms with Gasteiger partial charge in [-0.1, -0.05) is 25.1 Å². The molecular formula is C15H20N2O. The second-order valence-corrected chi connectivity index (χ2v) is 4.60. The Bertz CT molecular complexity index is 531. The van der Waals surface area contributed by atoms with Gasteiger partial charge in [-0.15, -0.1) is 0 Å². The summed E-state index contributed by atoms with van der Waals surface area (Å²) in [6.07, 6.45) is 0.893. The van der Waals surface area contributed by atoms with E-state index in [2.05, 4.69) is 44.4 Å². The van der Waals surface area contributed by atoms with Gasteiger partial charge in [-0.3, -0.25) is 5.84 Å². The van der Waals surface area contributed by atoms with Crippen molar-refractivity contribution < 1.29 is 4.42 Å². The van der Waals surface area contributed by atoms with Gasteiger partial charge in [0.15, 0.2) is 0 Å². The molecule has 0 aliphatic heterocycles. The van der Waals surface area contributed by atoms with Crippen LogP contribution >= 0.6 is 0 Å². The van der Waals surface area contributed by atoms with E-state index in [0.29, 0.717) is 0 Å². The minimum Gasteiger partial charge on any atom is -0.464 e. The first-order chi connectivity index (χ1) is 8.65. The number of hydrazine groups is 1. The maximum absolute atomic E-state index is 5.77. The van der Waals surface area contributed by atoms with Crippen molar-refractivity contribution in [2.24, 2.45) is 5.84 Å². The van der Waals surface area contributed by atoms with Gasteiger partial charge in [0, 0.05) is 6.42 Å². The number of nitrogens with two attached hydrogens (primary N) is 1. The van der Waals surface area contributed by atoms with E-state index in [1.807, 2.05) is 12.1 Å². The van der Waals surface area contributed by atoms with E-state index in [4.69, 9.17) is 10.3 Å². The first-order valence-electron chi connectivity index (χ1n) is 6.27. The number of benzene rings is 1. The molecule has 3 N–H and O–H groups in total. The Balaban J connectivity index is 2.35. The molecule has 0 amide bonds. The summed E-state index contributed by atoms with van der Waals surface area (Å²) in [6, 6.07) is 10.2. The fraction of sp³-hybridized carbons (Fsp3) is 0.333. The minimum atomic E-state index is -0.0930. The van der Waals surface area contributed by atoms with Crippen LogP contribution in [-0.4, -0.2) is 0 Å². The molecule has 2 rings (SSSR count). The third-order valence-corrected chi connectivity index (χ3v) is 3.35. The standard InChI is InChI=1S/C15H20N2O/c1-4-13-7-8-14(18-13)15(17-16)12-6-5-10(2)11(3)9-12/h5-9,15,17H,4,16H2,1-3H3. The van der Waals surface area contributed by atoms with Crippen molar-refractivity contribution in [3.8, 4) is 0 Å². The molecule has 96 valence electrons. The Kier molecular flexibility index (Phi) is 3.84. The summed E-state index contributed by atoms with van der Waals surface area (Å²) in [5.41, 5.74) is 6.49. The summed E-state index contributed by atoms with van der Waals surface area (Å²) in [5.74, 6) is 7.51. The highest BCUT2D eigenvalue weighted by Crippen LogP contribution is 2.25. The fourth-order valence-electron chi connectivity index (χ4n) is 2.03. The molecule has 0 saturated carbocycles. The van der Waals surface area contributed by atoms with Crippen LogP contribution in [0.15, 0.2) is 34.7 Å². The normalized spacial score (nSPS) is 12.7. The van der Waals surface area contributed by atoms with Crippen molar-refractivity contribution >= 4 is 0 Å². The average molecular weight is 244 g/mol. The number of aryl methyl sites for hydroxylation is 3. The smallest absolute Gasteiger partial charge is 0.126 e. The summed E-state index contributed by atoms with van der Waals surface area (Å²) in [4.78, 5) is 0. The number of hydrogen-bond acceptors (Lipinski definition) is 3. The molecule has 0 saturated heterocycles. The van der Waals surface area contributed by atoms with Crippen molar-refractivity contribution in [1.82, 2.24) is 5.43 Å². The van der Waals surface area contributed by atoms with Crippen LogP contribution in [0.3, 0.4) is 0 Å². The summed E-state index contributed by atoms with van der Waals surface area (Å²) in [5, 5.41) is 0. The second kappa shape index (κ2) is 5.38. The first kappa shape index (κ1) is 12.9. The number of nitrogens with one attached hydrogen (secondary N) is 1. The van der Waals surface area contributed by atoms with Crippen LogP contribution < -0.4 is 11.3 Å². The van der Waals surface area contributed by atoms with Crippen LogP contribution in [0.2, 0.25) is 0 Å². The van der Waals surface area contributed by atoms with E-state index < -0.39 is 0 Å². The van der Waals surface area contributed by atoms with Gasteiger partial charge in [0.1, 0.15) is 17.6 Å². The third-order valence-electron chi connectivity index (χ3n) is 3.35. The maximum Gasteiger partial charge on any atom is 0.126 e. The topological polar surface area (TPSA) is 51.2 Å². The highest BCUT2D eigenvalue weighted by molar-refractivity contribution is 5.35. The molecule has 0 bridgehead atoms. The molecule has 0 radical (unpaired) electrons. The number of furan rings is 1. The molecule has 1 atom stereocenters.